The van der Waals surface area contributed by atoms with E-state index >= 15 is 0 Å². The highest BCUT2D eigenvalue weighted by Crippen LogP contribution is 2.23. The fraction of sp³-hybridized carbons (Fsp3) is 0.500. The second kappa shape index (κ2) is 6.45. The van der Waals surface area contributed by atoms with Crippen LogP contribution in [0.5, 0.6) is 5.75 Å². The third kappa shape index (κ3) is 3.18. The van der Waals surface area contributed by atoms with Crippen molar-refractivity contribution in [3.63, 3.8) is 0 Å². The average Bonchev–Trinajstić information content (AvgIpc) is 2.29. The summed E-state index contributed by atoms with van der Waals surface area (Å²) in [5.74, 6) is -0.0614. The molecule has 0 radical (unpaired) electrons. The second-order valence-electron chi connectivity index (χ2n) is 3.54. The minimum absolute atomic E-state index is 0.264. The van der Waals surface area contributed by atoms with Crippen LogP contribution in [-0.2, 0) is 17.8 Å². The zero-order valence-electron chi connectivity index (χ0n) is 9.97. The van der Waals surface area contributed by atoms with Crippen LogP contribution in [-0.4, -0.2) is 27.8 Å². The Kier molecular flexibility index (Phi) is 5.22. The lowest BCUT2D eigenvalue weighted by molar-refractivity contribution is 0.183. The van der Waals surface area contributed by atoms with Gasteiger partial charge in [0.15, 0.2) is 11.6 Å². The number of hydrogen-bond acceptors (Lipinski definition) is 3. The molecule has 0 heterocycles. The first kappa shape index (κ1) is 12.9. The molecule has 0 aliphatic rings. The maximum absolute atomic E-state index is 13.5. The van der Waals surface area contributed by atoms with E-state index in [1.807, 2.05) is 7.05 Å². The van der Waals surface area contributed by atoms with Crippen LogP contribution < -0.4 is 10.1 Å². The van der Waals surface area contributed by atoms with Crippen molar-refractivity contribution in [1.29, 1.82) is 0 Å². The summed E-state index contributed by atoms with van der Waals surface area (Å²) in [4.78, 5) is 0. The van der Waals surface area contributed by atoms with Crippen LogP contribution in [0.25, 0.3) is 0 Å². The summed E-state index contributed by atoms with van der Waals surface area (Å²) in [6.45, 7) is 1.28. The monoisotopic (exact) mass is 227 g/mol. The van der Waals surface area contributed by atoms with Gasteiger partial charge in [0.25, 0.3) is 0 Å². The molecule has 0 aliphatic carbocycles. The molecule has 0 saturated heterocycles. The molecule has 0 unspecified atom stereocenters. The number of halogens is 1. The van der Waals surface area contributed by atoms with Gasteiger partial charge in [0.1, 0.15) is 0 Å². The minimum Gasteiger partial charge on any atom is -0.494 e. The molecular formula is C12H18FNO2. The van der Waals surface area contributed by atoms with Crippen LogP contribution in [0.2, 0.25) is 0 Å². The van der Waals surface area contributed by atoms with Crippen molar-refractivity contribution in [3.05, 3.63) is 29.1 Å². The predicted molar refractivity (Wildman–Crippen MR) is 61.3 cm³/mol. The molecule has 90 valence electrons. The summed E-state index contributed by atoms with van der Waals surface area (Å²) in [6, 6.07) is 3.22. The third-order valence-electron chi connectivity index (χ3n) is 2.42. The fourth-order valence-electron chi connectivity index (χ4n) is 1.58. The summed E-state index contributed by atoms with van der Waals surface area (Å²) < 4.78 is 23.5. The molecule has 0 atom stereocenters. The predicted octanol–water partition coefficient (Wildman–Crippen LogP) is 1.74. The molecule has 0 aliphatic heterocycles. The standard InChI is InChI=1S/C12H18FNO2/c1-14-5-4-9-6-11(13)12(16-3)7-10(9)8-15-2/h6-7,14H,4-5,8H2,1-3H3. The van der Waals surface area contributed by atoms with Crippen molar-refractivity contribution in [3.8, 4) is 5.75 Å². The summed E-state index contributed by atoms with van der Waals surface area (Å²) in [7, 11) is 4.95. The highest BCUT2D eigenvalue weighted by atomic mass is 19.1. The number of methoxy groups -OCH3 is 2. The van der Waals surface area contributed by atoms with Crippen LogP contribution in [0.4, 0.5) is 4.39 Å². The average molecular weight is 227 g/mol. The third-order valence-corrected chi connectivity index (χ3v) is 2.42. The summed E-state index contributed by atoms with van der Waals surface area (Å²) in [6.07, 6.45) is 0.774. The molecule has 0 saturated carbocycles. The van der Waals surface area contributed by atoms with Gasteiger partial charge in [-0.2, -0.15) is 0 Å². The number of hydrogen-bond donors (Lipinski definition) is 1. The molecule has 0 spiro atoms. The van der Waals surface area contributed by atoms with Crippen molar-refractivity contribution in [2.24, 2.45) is 0 Å². The molecule has 1 aromatic rings. The van der Waals surface area contributed by atoms with Crippen molar-refractivity contribution in [2.75, 3.05) is 27.8 Å². The van der Waals surface area contributed by atoms with Gasteiger partial charge in [0, 0.05) is 7.11 Å². The quantitative estimate of drug-likeness (QED) is 0.803. The Morgan fingerprint density at radius 3 is 2.56 bits per heavy atom. The first-order valence-electron chi connectivity index (χ1n) is 5.21. The smallest absolute Gasteiger partial charge is 0.165 e. The van der Waals surface area contributed by atoms with Crippen molar-refractivity contribution in [2.45, 2.75) is 13.0 Å². The second-order valence-corrected chi connectivity index (χ2v) is 3.54. The molecule has 0 fully saturated rings. The molecule has 4 heteroatoms. The van der Waals surface area contributed by atoms with Crippen LogP contribution in [0, 0.1) is 5.82 Å². The van der Waals surface area contributed by atoms with Gasteiger partial charge in [-0.15, -0.1) is 0 Å². The molecule has 0 aromatic heterocycles. The Labute approximate surface area is 95.6 Å². The number of likely N-dealkylation sites (N-methyl/N-ethyl adjacent to an activating group) is 1. The number of ether oxygens (including phenoxy) is 2. The van der Waals surface area contributed by atoms with Gasteiger partial charge in [0.05, 0.1) is 13.7 Å². The Morgan fingerprint density at radius 1 is 1.25 bits per heavy atom. The topological polar surface area (TPSA) is 30.5 Å². The lowest BCUT2D eigenvalue weighted by atomic mass is 10.0. The number of benzene rings is 1. The molecule has 0 amide bonds. The lowest BCUT2D eigenvalue weighted by Gasteiger charge is -2.11. The molecular weight excluding hydrogens is 209 g/mol. The first-order chi connectivity index (χ1) is 7.72. The van der Waals surface area contributed by atoms with Gasteiger partial charge in [-0.3, -0.25) is 0 Å². The molecule has 1 N–H and O–H groups in total. The largest absolute Gasteiger partial charge is 0.494 e. The summed E-state index contributed by atoms with van der Waals surface area (Å²) in [5, 5.41) is 3.04. The Bertz CT molecular complexity index is 342. The molecule has 3 nitrogen and oxygen atoms in total. The van der Waals surface area contributed by atoms with Crippen LogP contribution in [0.1, 0.15) is 11.1 Å². The van der Waals surface area contributed by atoms with Gasteiger partial charge in [-0.1, -0.05) is 0 Å². The van der Waals surface area contributed by atoms with Crippen molar-refractivity contribution < 1.29 is 13.9 Å². The highest BCUT2D eigenvalue weighted by Gasteiger charge is 2.09. The SMILES string of the molecule is CNCCc1cc(F)c(OC)cc1COC. The normalized spacial score (nSPS) is 10.5. The van der Waals surface area contributed by atoms with Crippen molar-refractivity contribution in [1.82, 2.24) is 5.32 Å². The number of rotatable bonds is 6. The van der Waals surface area contributed by atoms with E-state index in [0.717, 1.165) is 24.1 Å². The van der Waals surface area contributed by atoms with E-state index in [1.54, 1.807) is 13.2 Å². The van der Waals surface area contributed by atoms with Gasteiger partial charge in [0.2, 0.25) is 0 Å². The maximum Gasteiger partial charge on any atom is 0.165 e. The lowest BCUT2D eigenvalue weighted by Crippen LogP contribution is -2.12. The van der Waals surface area contributed by atoms with Crippen LogP contribution in [0.3, 0.4) is 0 Å². The van der Waals surface area contributed by atoms with E-state index in [-0.39, 0.29) is 11.6 Å². The van der Waals surface area contributed by atoms with Gasteiger partial charge in [-0.05, 0) is 43.3 Å². The van der Waals surface area contributed by atoms with E-state index in [9.17, 15) is 4.39 Å². The van der Waals surface area contributed by atoms with Gasteiger partial charge in [-0.25, -0.2) is 4.39 Å². The fourth-order valence-corrected chi connectivity index (χ4v) is 1.58. The summed E-state index contributed by atoms with van der Waals surface area (Å²) in [5.41, 5.74) is 1.92. The van der Waals surface area contributed by atoms with Crippen molar-refractivity contribution >= 4 is 0 Å². The van der Waals surface area contributed by atoms with Crippen LogP contribution in [0.15, 0.2) is 12.1 Å². The molecule has 1 rings (SSSR count). The highest BCUT2D eigenvalue weighted by molar-refractivity contribution is 5.37. The minimum atomic E-state index is -0.326. The summed E-state index contributed by atoms with van der Waals surface area (Å²) >= 11 is 0. The van der Waals surface area contributed by atoms with E-state index in [4.69, 9.17) is 9.47 Å². The Hall–Kier alpha value is -1.13. The van der Waals surface area contributed by atoms with E-state index in [2.05, 4.69) is 5.32 Å². The molecule has 1 aromatic carbocycles. The van der Waals surface area contributed by atoms with Crippen LogP contribution >= 0.6 is 0 Å². The maximum atomic E-state index is 13.5. The van der Waals surface area contributed by atoms with E-state index in [0.29, 0.717) is 6.61 Å². The van der Waals surface area contributed by atoms with E-state index in [1.165, 1.54) is 13.2 Å². The number of nitrogens with one attached hydrogen (secondary N) is 1. The first-order valence-corrected chi connectivity index (χ1v) is 5.21. The molecule has 0 bridgehead atoms. The van der Waals surface area contributed by atoms with Gasteiger partial charge < -0.3 is 14.8 Å². The zero-order chi connectivity index (χ0) is 12.0. The van der Waals surface area contributed by atoms with E-state index < -0.39 is 0 Å². The van der Waals surface area contributed by atoms with Gasteiger partial charge >= 0.3 is 0 Å². The Balaban J connectivity index is 2.98. The Morgan fingerprint density at radius 2 is 2.00 bits per heavy atom. The zero-order valence-corrected chi connectivity index (χ0v) is 9.97. The molecule has 16 heavy (non-hydrogen) atoms.